The summed E-state index contributed by atoms with van der Waals surface area (Å²) in [7, 11) is 1.71. The second-order valence-corrected chi connectivity index (χ2v) is 4.52. The number of hydrogen-bond donors (Lipinski definition) is 1. The summed E-state index contributed by atoms with van der Waals surface area (Å²) >= 11 is 0. The highest BCUT2D eigenvalue weighted by molar-refractivity contribution is 5.76. The third kappa shape index (κ3) is 4.10. The van der Waals surface area contributed by atoms with Crippen molar-refractivity contribution in [2.45, 2.75) is 45.3 Å². The lowest BCUT2D eigenvalue weighted by atomic mass is 10.2. The van der Waals surface area contributed by atoms with Gasteiger partial charge < -0.3 is 15.0 Å². The average molecular weight is 228 g/mol. The van der Waals surface area contributed by atoms with Crippen molar-refractivity contribution in [3.05, 3.63) is 0 Å². The van der Waals surface area contributed by atoms with Crippen molar-refractivity contribution in [2.75, 3.05) is 26.7 Å². The first-order valence-corrected chi connectivity index (χ1v) is 6.19. The Bertz CT molecular complexity index is 215. The van der Waals surface area contributed by atoms with Crippen LogP contribution in [0.1, 0.15) is 33.1 Å². The summed E-state index contributed by atoms with van der Waals surface area (Å²) in [5.41, 5.74) is 0. The summed E-state index contributed by atoms with van der Waals surface area (Å²) in [5.74, 6) is 0.280. The van der Waals surface area contributed by atoms with E-state index in [1.165, 1.54) is 0 Å². The van der Waals surface area contributed by atoms with Crippen LogP contribution in [0.3, 0.4) is 0 Å². The standard InChI is InChI=1S/C12H24N2O2/c1-10(11(2)16-3)13-7-6-12(15)14-8-4-5-9-14/h10-11,13H,4-9H2,1-3H3. The van der Waals surface area contributed by atoms with Gasteiger partial charge in [-0.25, -0.2) is 0 Å². The van der Waals surface area contributed by atoms with E-state index in [-0.39, 0.29) is 18.1 Å². The minimum atomic E-state index is 0.182. The van der Waals surface area contributed by atoms with Crippen LogP contribution >= 0.6 is 0 Å². The Morgan fingerprint density at radius 3 is 2.56 bits per heavy atom. The molecule has 0 bridgehead atoms. The van der Waals surface area contributed by atoms with Crippen LogP contribution in [0.4, 0.5) is 0 Å². The summed E-state index contributed by atoms with van der Waals surface area (Å²) in [6.07, 6.45) is 3.11. The van der Waals surface area contributed by atoms with Crippen LogP contribution in [0.25, 0.3) is 0 Å². The highest BCUT2D eigenvalue weighted by Crippen LogP contribution is 2.08. The second-order valence-electron chi connectivity index (χ2n) is 4.52. The van der Waals surface area contributed by atoms with Gasteiger partial charge in [-0.15, -0.1) is 0 Å². The van der Waals surface area contributed by atoms with Crippen molar-refractivity contribution in [1.82, 2.24) is 10.2 Å². The number of methoxy groups -OCH3 is 1. The normalized spacial score (nSPS) is 19.8. The van der Waals surface area contributed by atoms with E-state index < -0.39 is 0 Å². The smallest absolute Gasteiger partial charge is 0.223 e. The van der Waals surface area contributed by atoms with Crippen molar-refractivity contribution in [2.24, 2.45) is 0 Å². The molecule has 4 nitrogen and oxygen atoms in total. The van der Waals surface area contributed by atoms with E-state index in [4.69, 9.17) is 4.74 Å². The van der Waals surface area contributed by atoms with Crippen LogP contribution in [-0.2, 0) is 9.53 Å². The van der Waals surface area contributed by atoms with Crippen LogP contribution in [0, 0.1) is 0 Å². The lowest BCUT2D eigenvalue weighted by molar-refractivity contribution is -0.130. The molecule has 0 aromatic rings. The maximum Gasteiger partial charge on any atom is 0.223 e. The van der Waals surface area contributed by atoms with Crippen LogP contribution in [0.15, 0.2) is 0 Å². The third-order valence-corrected chi connectivity index (χ3v) is 3.34. The summed E-state index contributed by atoms with van der Waals surface area (Å²) in [5, 5.41) is 3.32. The van der Waals surface area contributed by atoms with E-state index in [0.29, 0.717) is 6.42 Å². The molecule has 16 heavy (non-hydrogen) atoms. The Hall–Kier alpha value is -0.610. The van der Waals surface area contributed by atoms with Gasteiger partial charge in [0.2, 0.25) is 5.91 Å². The predicted octanol–water partition coefficient (Wildman–Crippen LogP) is 1.01. The maximum atomic E-state index is 11.7. The largest absolute Gasteiger partial charge is 0.380 e. The molecule has 0 spiro atoms. The van der Waals surface area contributed by atoms with Gasteiger partial charge in [-0.2, -0.15) is 0 Å². The van der Waals surface area contributed by atoms with Gasteiger partial charge in [-0.1, -0.05) is 0 Å². The van der Waals surface area contributed by atoms with Gasteiger partial charge in [0.15, 0.2) is 0 Å². The van der Waals surface area contributed by atoms with Crippen LogP contribution in [-0.4, -0.2) is 49.7 Å². The molecular weight excluding hydrogens is 204 g/mol. The number of nitrogens with zero attached hydrogens (tertiary/aromatic N) is 1. The number of amides is 1. The lowest BCUT2D eigenvalue weighted by Gasteiger charge is -2.21. The minimum absolute atomic E-state index is 0.182. The van der Waals surface area contributed by atoms with Gasteiger partial charge in [0, 0.05) is 39.2 Å². The SMILES string of the molecule is COC(C)C(C)NCCC(=O)N1CCCC1. The Kier molecular flexibility index (Phi) is 5.77. The van der Waals surface area contributed by atoms with E-state index in [9.17, 15) is 4.79 Å². The minimum Gasteiger partial charge on any atom is -0.380 e. The molecule has 2 atom stereocenters. The predicted molar refractivity (Wildman–Crippen MR) is 64.4 cm³/mol. The molecule has 1 saturated heterocycles. The summed E-state index contributed by atoms with van der Waals surface area (Å²) in [4.78, 5) is 13.7. The summed E-state index contributed by atoms with van der Waals surface area (Å²) in [6.45, 7) is 6.74. The Morgan fingerprint density at radius 2 is 2.00 bits per heavy atom. The van der Waals surface area contributed by atoms with Crippen molar-refractivity contribution in [3.63, 3.8) is 0 Å². The molecular formula is C12H24N2O2. The van der Waals surface area contributed by atoms with E-state index in [1.807, 2.05) is 11.8 Å². The fourth-order valence-electron chi connectivity index (χ4n) is 1.90. The molecule has 1 aliphatic heterocycles. The quantitative estimate of drug-likeness (QED) is 0.738. The first-order chi connectivity index (χ1) is 7.65. The zero-order chi connectivity index (χ0) is 12.0. The lowest BCUT2D eigenvalue weighted by Crippen LogP contribution is -2.39. The van der Waals surface area contributed by atoms with Gasteiger partial charge in [0.25, 0.3) is 0 Å². The molecule has 4 heteroatoms. The van der Waals surface area contributed by atoms with Gasteiger partial charge in [-0.3, -0.25) is 4.79 Å². The Balaban J connectivity index is 2.12. The second kappa shape index (κ2) is 6.86. The van der Waals surface area contributed by atoms with Crippen molar-refractivity contribution >= 4 is 5.91 Å². The first kappa shape index (κ1) is 13.5. The van der Waals surface area contributed by atoms with Gasteiger partial charge in [-0.05, 0) is 26.7 Å². The third-order valence-electron chi connectivity index (χ3n) is 3.34. The maximum absolute atomic E-state index is 11.7. The number of carbonyl (C=O) groups is 1. The zero-order valence-corrected chi connectivity index (χ0v) is 10.7. The fourth-order valence-corrected chi connectivity index (χ4v) is 1.90. The van der Waals surface area contributed by atoms with E-state index in [0.717, 1.165) is 32.5 Å². The van der Waals surface area contributed by atoms with E-state index in [2.05, 4.69) is 12.2 Å². The molecule has 1 aliphatic rings. The van der Waals surface area contributed by atoms with E-state index >= 15 is 0 Å². The van der Waals surface area contributed by atoms with E-state index in [1.54, 1.807) is 7.11 Å². The highest BCUT2D eigenvalue weighted by Gasteiger charge is 2.17. The molecule has 1 rings (SSSR count). The summed E-state index contributed by atoms with van der Waals surface area (Å²) in [6, 6.07) is 0.288. The first-order valence-electron chi connectivity index (χ1n) is 6.19. The molecule has 0 aromatic carbocycles. The number of carbonyl (C=O) groups excluding carboxylic acids is 1. The topological polar surface area (TPSA) is 41.6 Å². The van der Waals surface area contributed by atoms with Gasteiger partial charge in [0.05, 0.1) is 6.10 Å². The molecule has 2 unspecified atom stereocenters. The van der Waals surface area contributed by atoms with Crippen LogP contribution in [0.2, 0.25) is 0 Å². The van der Waals surface area contributed by atoms with Gasteiger partial charge >= 0.3 is 0 Å². The molecule has 1 amide bonds. The molecule has 1 heterocycles. The van der Waals surface area contributed by atoms with Crippen molar-refractivity contribution < 1.29 is 9.53 Å². The van der Waals surface area contributed by atoms with Crippen LogP contribution < -0.4 is 5.32 Å². The monoisotopic (exact) mass is 228 g/mol. The molecule has 1 N–H and O–H groups in total. The summed E-state index contributed by atoms with van der Waals surface area (Å²) < 4.78 is 5.21. The molecule has 94 valence electrons. The molecule has 0 aromatic heterocycles. The Labute approximate surface area is 98.3 Å². The number of hydrogen-bond acceptors (Lipinski definition) is 3. The molecule has 0 radical (unpaired) electrons. The molecule has 0 aliphatic carbocycles. The number of ether oxygens (including phenoxy) is 1. The number of rotatable bonds is 6. The number of nitrogens with one attached hydrogen (secondary N) is 1. The molecule has 0 saturated carbocycles. The zero-order valence-electron chi connectivity index (χ0n) is 10.7. The highest BCUT2D eigenvalue weighted by atomic mass is 16.5. The van der Waals surface area contributed by atoms with Crippen molar-refractivity contribution in [3.8, 4) is 0 Å². The fraction of sp³-hybridized carbons (Fsp3) is 0.917. The Morgan fingerprint density at radius 1 is 1.38 bits per heavy atom. The average Bonchev–Trinajstić information content (AvgIpc) is 2.81. The number of likely N-dealkylation sites (tertiary alicyclic amines) is 1. The molecule has 1 fully saturated rings. The van der Waals surface area contributed by atoms with Gasteiger partial charge in [0.1, 0.15) is 0 Å². The van der Waals surface area contributed by atoms with Crippen LogP contribution in [0.5, 0.6) is 0 Å². The van der Waals surface area contributed by atoms with Crippen molar-refractivity contribution in [1.29, 1.82) is 0 Å².